The van der Waals surface area contributed by atoms with Crippen LogP contribution in [0.4, 0.5) is 0 Å². The molecule has 0 aliphatic heterocycles. The third-order valence-electron chi connectivity index (χ3n) is 0.663. The minimum absolute atomic E-state index is 0.315. The van der Waals surface area contributed by atoms with Gasteiger partial charge in [-0.2, -0.15) is 0 Å². The Morgan fingerprint density at radius 1 is 0.667 bits per heavy atom. The van der Waals surface area contributed by atoms with Crippen molar-refractivity contribution in [2.45, 2.75) is 52.7 Å². The normalized spacial score (nSPS) is 13.5. The van der Waals surface area contributed by atoms with Crippen LogP contribution in [-0.2, 0) is 9.68 Å². The Balaban J connectivity index is 3.66. The molecule has 0 fully saturated rings. The van der Waals surface area contributed by atoms with Crippen LogP contribution in [0.1, 0.15) is 41.5 Å². The number of nitrogens with zero attached hydrogens (tertiary/aromatic N) is 2. The Hall–Kier alpha value is -0.800. The summed E-state index contributed by atoms with van der Waals surface area (Å²) in [6.45, 7) is 11.4. The highest BCUT2D eigenvalue weighted by Crippen LogP contribution is 2.10. The van der Waals surface area contributed by atoms with E-state index in [1.807, 2.05) is 41.5 Å². The molecule has 0 aliphatic carbocycles. The molecule has 0 saturated carbocycles. The second-order valence-corrected chi connectivity index (χ2v) is 4.57. The maximum atomic E-state index is 4.96. The van der Waals surface area contributed by atoms with Crippen LogP contribution in [0, 0.1) is 0 Å². The van der Waals surface area contributed by atoms with Gasteiger partial charge in [-0.05, 0) is 41.5 Å². The van der Waals surface area contributed by atoms with Gasteiger partial charge in [-0.1, -0.05) is 0 Å². The summed E-state index contributed by atoms with van der Waals surface area (Å²) < 4.78 is 0. The Morgan fingerprint density at radius 3 is 1.08 bits per heavy atom. The van der Waals surface area contributed by atoms with Crippen molar-refractivity contribution < 1.29 is 9.68 Å². The van der Waals surface area contributed by atoms with Gasteiger partial charge in [0.15, 0.2) is 0 Å². The van der Waals surface area contributed by atoms with Crippen LogP contribution < -0.4 is 0 Å². The number of hydrogen-bond donors (Lipinski definition) is 0. The molecule has 0 amide bonds. The highest BCUT2D eigenvalue weighted by molar-refractivity contribution is 4.56. The summed E-state index contributed by atoms with van der Waals surface area (Å²) >= 11 is 0. The zero-order valence-electron chi connectivity index (χ0n) is 8.71. The fraction of sp³-hybridized carbons (Fsp3) is 1.00. The predicted molar refractivity (Wildman–Crippen MR) is 46.5 cm³/mol. The summed E-state index contributed by atoms with van der Waals surface area (Å²) in [5.74, 6) is 0. The molecule has 4 nitrogen and oxygen atoms in total. The third kappa shape index (κ3) is 9.20. The zero-order chi connectivity index (χ0) is 9.83. The standard InChI is InChI=1S/C8H18N2O2/c1-7(2,3)11-9-10-12-8(4,5)6/h1-6H3/b10-9+. The lowest BCUT2D eigenvalue weighted by Crippen LogP contribution is -2.17. The summed E-state index contributed by atoms with van der Waals surface area (Å²) in [5, 5.41) is 6.86. The molecule has 0 aromatic carbocycles. The summed E-state index contributed by atoms with van der Waals surface area (Å²) in [4.78, 5) is 9.92. The molecular formula is C8H18N2O2. The van der Waals surface area contributed by atoms with Crippen molar-refractivity contribution in [2.24, 2.45) is 10.6 Å². The Kier molecular flexibility index (Phi) is 3.49. The summed E-state index contributed by atoms with van der Waals surface area (Å²) in [6, 6.07) is 0. The largest absolute Gasteiger partial charge is 0.371 e. The second kappa shape index (κ2) is 3.74. The van der Waals surface area contributed by atoms with Crippen molar-refractivity contribution in [1.29, 1.82) is 0 Å². The topological polar surface area (TPSA) is 43.2 Å². The smallest absolute Gasteiger partial charge is 0.131 e. The molecule has 0 aromatic rings. The molecule has 0 aliphatic rings. The lowest BCUT2D eigenvalue weighted by Gasteiger charge is -2.16. The first kappa shape index (κ1) is 11.2. The van der Waals surface area contributed by atoms with E-state index in [9.17, 15) is 0 Å². The van der Waals surface area contributed by atoms with Gasteiger partial charge in [0.1, 0.15) is 11.2 Å². The van der Waals surface area contributed by atoms with Crippen LogP contribution in [0.25, 0.3) is 0 Å². The maximum absolute atomic E-state index is 4.96. The maximum Gasteiger partial charge on any atom is 0.131 e. The highest BCUT2D eigenvalue weighted by atomic mass is 16.7. The van der Waals surface area contributed by atoms with Crippen LogP contribution in [0.3, 0.4) is 0 Å². The minimum atomic E-state index is -0.315. The van der Waals surface area contributed by atoms with E-state index in [0.717, 1.165) is 0 Å². The summed E-state index contributed by atoms with van der Waals surface area (Å²) in [6.07, 6.45) is 0. The van der Waals surface area contributed by atoms with Gasteiger partial charge in [0.25, 0.3) is 0 Å². The van der Waals surface area contributed by atoms with Crippen LogP contribution >= 0.6 is 0 Å². The van der Waals surface area contributed by atoms with Crippen molar-refractivity contribution in [3.8, 4) is 0 Å². The van der Waals surface area contributed by atoms with Gasteiger partial charge >= 0.3 is 0 Å². The molecule has 0 aromatic heterocycles. The van der Waals surface area contributed by atoms with Gasteiger partial charge in [0, 0.05) is 0 Å². The number of hydrogen-bond acceptors (Lipinski definition) is 4. The van der Waals surface area contributed by atoms with Gasteiger partial charge in [-0.3, -0.25) is 0 Å². The molecule has 0 unspecified atom stereocenters. The molecule has 0 spiro atoms. The molecule has 0 saturated heterocycles. The molecule has 0 heterocycles. The van der Waals surface area contributed by atoms with Crippen LogP contribution in [0.2, 0.25) is 0 Å². The summed E-state index contributed by atoms with van der Waals surface area (Å²) in [7, 11) is 0. The molecule has 12 heavy (non-hydrogen) atoms. The zero-order valence-corrected chi connectivity index (χ0v) is 8.71. The second-order valence-electron chi connectivity index (χ2n) is 4.57. The van der Waals surface area contributed by atoms with Crippen molar-refractivity contribution in [3.63, 3.8) is 0 Å². The molecule has 0 N–H and O–H groups in total. The van der Waals surface area contributed by atoms with E-state index in [4.69, 9.17) is 9.68 Å². The van der Waals surface area contributed by atoms with Crippen molar-refractivity contribution in [1.82, 2.24) is 0 Å². The van der Waals surface area contributed by atoms with Gasteiger partial charge in [0.2, 0.25) is 0 Å². The van der Waals surface area contributed by atoms with Crippen LogP contribution in [0.5, 0.6) is 0 Å². The fourth-order valence-corrected chi connectivity index (χ4v) is 0.278. The first-order chi connectivity index (χ1) is 5.21. The van der Waals surface area contributed by atoms with E-state index in [2.05, 4.69) is 10.6 Å². The average Bonchev–Trinajstić information content (AvgIpc) is 1.76. The van der Waals surface area contributed by atoms with E-state index in [1.54, 1.807) is 0 Å². The number of rotatable bonds is 2. The van der Waals surface area contributed by atoms with E-state index >= 15 is 0 Å². The molecular weight excluding hydrogens is 156 g/mol. The molecule has 0 rings (SSSR count). The first-order valence-electron chi connectivity index (χ1n) is 3.97. The third-order valence-corrected chi connectivity index (χ3v) is 0.663. The van der Waals surface area contributed by atoms with Gasteiger partial charge < -0.3 is 9.68 Å². The monoisotopic (exact) mass is 174 g/mol. The lowest BCUT2D eigenvalue weighted by atomic mass is 10.2. The van der Waals surface area contributed by atoms with E-state index in [0.29, 0.717) is 0 Å². The van der Waals surface area contributed by atoms with Crippen LogP contribution in [-0.4, -0.2) is 11.2 Å². The summed E-state index contributed by atoms with van der Waals surface area (Å²) in [5.41, 5.74) is -0.629. The van der Waals surface area contributed by atoms with E-state index in [-0.39, 0.29) is 11.2 Å². The molecule has 0 radical (unpaired) electrons. The molecule has 72 valence electrons. The van der Waals surface area contributed by atoms with Crippen molar-refractivity contribution in [3.05, 3.63) is 0 Å². The van der Waals surface area contributed by atoms with E-state index < -0.39 is 0 Å². The van der Waals surface area contributed by atoms with Gasteiger partial charge in [-0.25, -0.2) is 0 Å². The van der Waals surface area contributed by atoms with E-state index in [1.165, 1.54) is 0 Å². The SMILES string of the molecule is CC(C)(C)O/N=N/OC(C)(C)C. The molecule has 4 heteroatoms. The Labute approximate surface area is 73.9 Å². The minimum Gasteiger partial charge on any atom is -0.371 e. The Morgan fingerprint density at radius 2 is 0.917 bits per heavy atom. The van der Waals surface area contributed by atoms with Crippen LogP contribution in [0.15, 0.2) is 10.6 Å². The molecule has 0 bridgehead atoms. The Bertz CT molecular complexity index is 135. The quantitative estimate of drug-likeness (QED) is 0.477. The van der Waals surface area contributed by atoms with Gasteiger partial charge in [-0.15, -0.1) is 0 Å². The molecule has 0 atom stereocenters. The van der Waals surface area contributed by atoms with Crippen molar-refractivity contribution in [2.75, 3.05) is 0 Å². The van der Waals surface area contributed by atoms with Gasteiger partial charge in [0.05, 0.1) is 10.6 Å². The fourth-order valence-electron chi connectivity index (χ4n) is 0.278. The first-order valence-corrected chi connectivity index (χ1v) is 3.97. The predicted octanol–water partition coefficient (Wildman–Crippen LogP) is 2.90. The average molecular weight is 174 g/mol. The lowest BCUT2D eigenvalue weighted by molar-refractivity contribution is -0.0772. The highest BCUT2D eigenvalue weighted by Gasteiger charge is 2.12. The van der Waals surface area contributed by atoms with Crippen molar-refractivity contribution >= 4 is 0 Å².